The Labute approximate surface area is 112 Å². The third-order valence-corrected chi connectivity index (χ3v) is 2.85. The van der Waals surface area contributed by atoms with Gasteiger partial charge in [-0.1, -0.05) is 6.07 Å². The van der Waals surface area contributed by atoms with E-state index in [4.69, 9.17) is 4.74 Å². The van der Waals surface area contributed by atoms with Gasteiger partial charge < -0.3 is 9.14 Å². The lowest BCUT2D eigenvalue weighted by Gasteiger charge is -2.16. The van der Waals surface area contributed by atoms with Gasteiger partial charge in [0.05, 0.1) is 16.5 Å². The fourth-order valence-corrected chi connectivity index (χ4v) is 1.78. The molecule has 2 aromatic heterocycles. The topological polar surface area (TPSA) is 54.5 Å². The lowest BCUT2D eigenvalue weighted by molar-refractivity contribution is -0.154. The van der Waals surface area contributed by atoms with Crippen LogP contribution in [0.25, 0.3) is 5.52 Å². The van der Waals surface area contributed by atoms with E-state index in [2.05, 4.69) is 6.07 Å². The Hall–Kier alpha value is -2.28. The number of pyridine rings is 1. The summed E-state index contributed by atoms with van der Waals surface area (Å²) in [5.41, 5.74) is 1.58. The number of carbonyl (C=O) groups excluding carboxylic acids is 1. The summed E-state index contributed by atoms with van der Waals surface area (Å²) < 4.78 is 7.12. The maximum atomic E-state index is 11.7. The number of hydrogen-bond acceptors (Lipinski definition) is 3. The molecule has 0 radical (unpaired) electrons. The third-order valence-electron chi connectivity index (χ3n) is 2.85. The number of ether oxygens (including phenoxy) is 1. The molecule has 19 heavy (non-hydrogen) atoms. The van der Waals surface area contributed by atoms with E-state index in [1.54, 1.807) is 20.8 Å². The molecule has 98 valence electrons. The number of fused-ring (bicyclic) bond motifs is 1. The van der Waals surface area contributed by atoms with Crippen LogP contribution in [-0.4, -0.2) is 10.4 Å². The minimum Gasteiger partial charge on any atom is -0.460 e. The monoisotopic (exact) mass is 256 g/mol. The van der Waals surface area contributed by atoms with Crippen molar-refractivity contribution in [3.8, 4) is 6.07 Å². The molecule has 0 atom stereocenters. The molecular weight excluding hydrogens is 240 g/mol. The van der Waals surface area contributed by atoms with Crippen molar-refractivity contribution in [1.29, 1.82) is 5.26 Å². The summed E-state index contributed by atoms with van der Waals surface area (Å²) in [5.74, 6) is -0.272. The number of nitriles is 1. The summed E-state index contributed by atoms with van der Waals surface area (Å²) in [5, 5.41) is 9.23. The van der Waals surface area contributed by atoms with Crippen LogP contribution in [0, 0.1) is 16.7 Å². The number of aromatic nitrogens is 1. The summed E-state index contributed by atoms with van der Waals surface area (Å²) in [6.45, 7) is 5.53. The zero-order chi connectivity index (χ0) is 14.0. The van der Waals surface area contributed by atoms with Crippen LogP contribution in [0.15, 0.2) is 30.6 Å². The van der Waals surface area contributed by atoms with Gasteiger partial charge in [-0.15, -0.1) is 0 Å². The van der Waals surface area contributed by atoms with Crippen LogP contribution in [0.1, 0.15) is 31.9 Å². The van der Waals surface area contributed by atoms with Crippen LogP contribution >= 0.6 is 0 Å². The van der Waals surface area contributed by atoms with Crippen LogP contribution < -0.4 is 0 Å². The highest BCUT2D eigenvalue weighted by atomic mass is 16.5. The first-order valence-corrected chi connectivity index (χ1v) is 6.09. The zero-order valence-electron chi connectivity index (χ0n) is 11.3. The van der Waals surface area contributed by atoms with Crippen molar-refractivity contribution >= 4 is 11.5 Å². The fraction of sp³-hybridized carbons (Fsp3) is 0.333. The maximum absolute atomic E-state index is 11.7. The van der Waals surface area contributed by atoms with Crippen LogP contribution in [0.3, 0.4) is 0 Å². The number of esters is 1. The van der Waals surface area contributed by atoms with Gasteiger partial charge in [-0.3, -0.25) is 4.79 Å². The lowest BCUT2D eigenvalue weighted by atomic mass is 9.97. The minimum atomic E-state index is -0.536. The van der Waals surface area contributed by atoms with Gasteiger partial charge in [-0.05, 0) is 32.9 Å². The molecule has 2 rings (SSSR count). The third kappa shape index (κ3) is 2.60. The second kappa shape index (κ2) is 4.77. The smallest absolute Gasteiger partial charge is 0.311 e. The molecular formula is C15H16N2O2. The van der Waals surface area contributed by atoms with Crippen molar-refractivity contribution in [3.63, 3.8) is 0 Å². The molecule has 0 saturated heterocycles. The summed E-state index contributed by atoms with van der Waals surface area (Å²) in [6.07, 6.45) is 3.69. The summed E-state index contributed by atoms with van der Waals surface area (Å²) in [7, 11) is 0. The highest BCUT2D eigenvalue weighted by Gasteiger charge is 2.23. The Balaban J connectivity index is 2.27. The Bertz CT molecular complexity index is 657. The van der Waals surface area contributed by atoms with E-state index in [0.717, 1.165) is 11.1 Å². The number of rotatable bonds is 2. The average molecular weight is 256 g/mol. The fourth-order valence-electron chi connectivity index (χ4n) is 1.78. The van der Waals surface area contributed by atoms with E-state index in [9.17, 15) is 10.1 Å². The second-order valence-corrected chi connectivity index (χ2v) is 5.46. The molecule has 0 fully saturated rings. The lowest BCUT2D eigenvalue weighted by Crippen LogP contribution is -2.22. The highest BCUT2D eigenvalue weighted by Crippen LogP contribution is 2.21. The molecule has 2 heterocycles. The molecule has 0 aromatic carbocycles. The quantitative estimate of drug-likeness (QED) is 0.776. The SMILES string of the molecule is CC(C)(C)C(=O)OCc1cn2ccccc2c1C#N. The highest BCUT2D eigenvalue weighted by molar-refractivity contribution is 5.75. The normalized spacial score (nSPS) is 11.3. The average Bonchev–Trinajstić information content (AvgIpc) is 2.72. The molecule has 0 aliphatic carbocycles. The number of nitrogens with zero attached hydrogens (tertiary/aromatic N) is 2. The van der Waals surface area contributed by atoms with Crippen molar-refractivity contribution in [3.05, 3.63) is 41.7 Å². The second-order valence-electron chi connectivity index (χ2n) is 5.46. The molecule has 0 unspecified atom stereocenters. The summed E-state index contributed by atoms with van der Waals surface area (Å²) in [4.78, 5) is 11.7. The first-order valence-electron chi connectivity index (χ1n) is 6.09. The molecule has 0 bridgehead atoms. The Kier molecular flexibility index (Phi) is 3.30. The van der Waals surface area contributed by atoms with Crippen molar-refractivity contribution < 1.29 is 9.53 Å². The standard InChI is InChI=1S/C15H16N2O2/c1-15(2,3)14(18)19-10-11-9-17-7-5-4-6-13(17)12(11)8-16/h4-7,9H,10H2,1-3H3. The Morgan fingerprint density at radius 3 is 2.79 bits per heavy atom. The van der Waals surface area contributed by atoms with Gasteiger partial charge in [0.15, 0.2) is 0 Å². The molecule has 4 heteroatoms. The van der Waals surface area contributed by atoms with Gasteiger partial charge in [-0.2, -0.15) is 5.26 Å². The van der Waals surface area contributed by atoms with Gasteiger partial charge in [0.2, 0.25) is 0 Å². The molecule has 2 aromatic rings. The first-order chi connectivity index (χ1) is 8.93. The van der Waals surface area contributed by atoms with E-state index in [0.29, 0.717) is 5.56 Å². The van der Waals surface area contributed by atoms with E-state index < -0.39 is 5.41 Å². The van der Waals surface area contributed by atoms with E-state index in [-0.39, 0.29) is 12.6 Å². The maximum Gasteiger partial charge on any atom is 0.311 e. The summed E-state index contributed by atoms with van der Waals surface area (Å²) >= 11 is 0. The van der Waals surface area contributed by atoms with Crippen molar-refractivity contribution in [1.82, 2.24) is 4.40 Å². The van der Waals surface area contributed by atoms with Gasteiger partial charge in [0.1, 0.15) is 12.7 Å². The van der Waals surface area contributed by atoms with E-state index >= 15 is 0 Å². The predicted molar refractivity (Wildman–Crippen MR) is 71.4 cm³/mol. The van der Waals surface area contributed by atoms with E-state index in [1.165, 1.54) is 0 Å². The Morgan fingerprint density at radius 2 is 2.16 bits per heavy atom. The Morgan fingerprint density at radius 1 is 1.42 bits per heavy atom. The summed E-state index contributed by atoms with van der Waals surface area (Å²) in [6, 6.07) is 7.80. The molecule has 0 amide bonds. The molecule has 0 aliphatic rings. The molecule has 0 aliphatic heterocycles. The zero-order valence-corrected chi connectivity index (χ0v) is 11.3. The molecule has 4 nitrogen and oxygen atoms in total. The number of carbonyl (C=O) groups is 1. The van der Waals surface area contributed by atoms with Crippen LogP contribution in [-0.2, 0) is 16.1 Å². The number of hydrogen-bond donors (Lipinski definition) is 0. The van der Waals surface area contributed by atoms with Crippen LogP contribution in [0.5, 0.6) is 0 Å². The van der Waals surface area contributed by atoms with E-state index in [1.807, 2.05) is 35.0 Å². The first kappa shape index (κ1) is 13.2. The molecule has 0 spiro atoms. The van der Waals surface area contributed by atoms with Crippen LogP contribution in [0.2, 0.25) is 0 Å². The predicted octanol–water partition coefficient (Wildman–Crippen LogP) is 2.90. The minimum absolute atomic E-state index is 0.126. The van der Waals surface area contributed by atoms with Gasteiger partial charge in [0.25, 0.3) is 0 Å². The van der Waals surface area contributed by atoms with Crippen molar-refractivity contribution in [2.24, 2.45) is 5.41 Å². The molecule has 0 saturated carbocycles. The van der Waals surface area contributed by atoms with Gasteiger partial charge >= 0.3 is 5.97 Å². The van der Waals surface area contributed by atoms with Crippen molar-refractivity contribution in [2.45, 2.75) is 27.4 Å². The van der Waals surface area contributed by atoms with Crippen LogP contribution in [0.4, 0.5) is 0 Å². The largest absolute Gasteiger partial charge is 0.460 e. The van der Waals surface area contributed by atoms with Gasteiger partial charge in [-0.25, -0.2) is 0 Å². The molecule has 0 N–H and O–H groups in total. The van der Waals surface area contributed by atoms with Gasteiger partial charge in [0, 0.05) is 18.0 Å². The van der Waals surface area contributed by atoms with Crippen molar-refractivity contribution in [2.75, 3.05) is 0 Å².